The summed E-state index contributed by atoms with van der Waals surface area (Å²) in [5, 5.41) is 14.4. The van der Waals surface area contributed by atoms with Gasteiger partial charge in [0, 0.05) is 13.6 Å². The Morgan fingerprint density at radius 1 is 1.19 bits per heavy atom. The van der Waals surface area contributed by atoms with Gasteiger partial charge in [0.2, 0.25) is 11.8 Å². The molecule has 0 saturated heterocycles. The number of rotatable bonds is 6. The molecule has 1 aromatic carbocycles. The highest BCUT2D eigenvalue weighted by atomic mass is 16.4. The van der Waals surface area contributed by atoms with Crippen LogP contribution in [0.4, 0.5) is 0 Å². The minimum Gasteiger partial charge on any atom is -0.481 e. The molecule has 1 atom stereocenters. The fraction of sp³-hybridized carbons (Fsp3) is 0.400. The molecule has 2 rings (SSSR count). The van der Waals surface area contributed by atoms with E-state index in [4.69, 9.17) is 0 Å². The van der Waals surface area contributed by atoms with Gasteiger partial charge in [-0.15, -0.1) is 0 Å². The van der Waals surface area contributed by atoms with Crippen LogP contribution in [0.3, 0.4) is 0 Å². The van der Waals surface area contributed by atoms with Gasteiger partial charge in [0.25, 0.3) is 0 Å². The standard InChI is InChI=1S/C15H18N2O4/c1-16-13(20)15(7-8-15)14(21)17-9-11(12(18)19)10-5-3-2-4-6-10/h2-6,11H,7-9H2,1H3,(H,16,20)(H,17,21)(H,18,19). The third-order valence-electron chi connectivity index (χ3n) is 3.81. The van der Waals surface area contributed by atoms with Crippen LogP contribution in [0.15, 0.2) is 30.3 Å². The van der Waals surface area contributed by atoms with E-state index in [-0.39, 0.29) is 12.5 Å². The lowest BCUT2D eigenvalue weighted by Gasteiger charge is -2.17. The number of carbonyl (C=O) groups is 3. The van der Waals surface area contributed by atoms with Gasteiger partial charge in [0.05, 0.1) is 5.92 Å². The predicted molar refractivity (Wildman–Crippen MR) is 75.6 cm³/mol. The minimum absolute atomic E-state index is 0.0308. The molecule has 1 saturated carbocycles. The maximum Gasteiger partial charge on any atom is 0.312 e. The second-order valence-corrected chi connectivity index (χ2v) is 5.17. The lowest BCUT2D eigenvalue weighted by Crippen LogP contribution is -2.43. The van der Waals surface area contributed by atoms with Gasteiger partial charge < -0.3 is 15.7 Å². The SMILES string of the molecule is CNC(=O)C1(C(=O)NCC(C(=O)O)c2ccccc2)CC1. The lowest BCUT2D eigenvalue weighted by atomic mass is 9.98. The van der Waals surface area contributed by atoms with E-state index >= 15 is 0 Å². The van der Waals surface area contributed by atoms with Crippen LogP contribution in [0.1, 0.15) is 24.3 Å². The van der Waals surface area contributed by atoms with E-state index in [2.05, 4.69) is 10.6 Å². The van der Waals surface area contributed by atoms with E-state index in [1.54, 1.807) is 30.3 Å². The Kier molecular flexibility index (Phi) is 4.26. The molecule has 6 nitrogen and oxygen atoms in total. The third kappa shape index (κ3) is 3.04. The van der Waals surface area contributed by atoms with E-state index in [1.807, 2.05) is 0 Å². The molecule has 0 heterocycles. The summed E-state index contributed by atoms with van der Waals surface area (Å²) in [6, 6.07) is 8.71. The summed E-state index contributed by atoms with van der Waals surface area (Å²) in [7, 11) is 1.49. The Morgan fingerprint density at radius 2 is 1.81 bits per heavy atom. The highest BCUT2D eigenvalue weighted by Gasteiger charge is 2.56. The molecule has 0 aliphatic heterocycles. The first-order chi connectivity index (χ1) is 10.0. The summed E-state index contributed by atoms with van der Waals surface area (Å²) < 4.78 is 0. The molecule has 21 heavy (non-hydrogen) atoms. The largest absolute Gasteiger partial charge is 0.481 e. The van der Waals surface area contributed by atoms with Crippen molar-refractivity contribution in [3.05, 3.63) is 35.9 Å². The average molecular weight is 290 g/mol. The number of nitrogens with one attached hydrogen (secondary N) is 2. The van der Waals surface area contributed by atoms with Crippen molar-refractivity contribution in [2.24, 2.45) is 5.41 Å². The smallest absolute Gasteiger partial charge is 0.312 e. The van der Waals surface area contributed by atoms with Crippen molar-refractivity contribution in [3.63, 3.8) is 0 Å². The van der Waals surface area contributed by atoms with E-state index in [1.165, 1.54) is 7.05 Å². The Morgan fingerprint density at radius 3 is 2.29 bits per heavy atom. The lowest BCUT2D eigenvalue weighted by molar-refractivity contribution is -0.139. The summed E-state index contributed by atoms with van der Waals surface area (Å²) in [5.74, 6) is -2.54. The van der Waals surface area contributed by atoms with Crippen LogP contribution >= 0.6 is 0 Å². The molecule has 0 aromatic heterocycles. The van der Waals surface area contributed by atoms with Crippen LogP contribution in [0, 0.1) is 5.41 Å². The summed E-state index contributed by atoms with van der Waals surface area (Å²) in [5.41, 5.74) is -0.385. The quantitative estimate of drug-likeness (QED) is 0.665. The fourth-order valence-corrected chi connectivity index (χ4v) is 2.32. The average Bonchev–Trinajstić information content (AvgIpc) is 3.29. The van der Waals surface area contributed by atoms with Crippen molar-refractivity contribution in [3.8, 4) is 0 Å². The van der Waals surface area contributed by atoms with Gasteiger partial charge in [-0.2, -0.15) is 0 Å². The van der Waals surface area contributed by atoms with Crippen molar-refractivity contribution < 1.29 is 19.5 Å². The van der Waals surface area contributed by atoms with Gasteiger partial charge in [-0.1, -0.05) is 30.3 Å². The highest BCUT2D eigenvalue weighted by Crippen LogP contribution is 2.46. The Bertz CT molecular complexity index is 552. The normalized spacial score (nSPS) is 16.6. The number of hydrogen-bond acceptors (Lipinski definition) is 3. The topological polar surface area (TPSA) is 95.5 Å². The second kappa shape index (κ2) is 5.95. The number of hydrogen-bond donors (Lipinski definition) is 3. The molecule has 3 N–H and O–H groups in total. The van der Waals surface area contributed by atoms with Crippen LogP contribution in [0.2, 0.25) is 0 Å². The highest BCUT2D eigenvalue weighted by molar-refractivity contribution is 6.07. The van der Waals surface area contributed by atoms with Gasteiger partial charge in [-0.3, -0.25) is 14.4 Å². The Balaban J connectivity index is 2.02. The fourth-order valence-electron chi connectivity index (χ4n) is 2.32. The third-order valence-corrected chi connectivity index (χ3v) is 3.81. The first-order valence-corrected chi connectivity index (χ1v) is 6.79. The number of carboxylic acids is 1. The molecule has 1 aliphatic rings. The van der Waals surface area contributed by atoms with Gasteiger partial charge in [0.1, 0.15) is 5.41 Å². The number of benzene rings is 1. The van der Waals surface area contributed by atoms with E-state index in [9.17, 15) is 19.5 Å². The predicted octanol–water partition coefficient (Wildman–Crippen LogP) is 0.497. The summed E-state index contributed by atoms with van der Waals surface area (Å²) >= 11 is 0. The van der Waals surface area contributed by atoms with E-state index < -0.39 is 23.2 Å². The van der Waals surface area contributed by atoms with Gasteiger partial charge >= 0.3 is 5.97 Å². The van der Waals surface area contributed by atoms with Crippen LogP contribution in [0.25, 0.3) is 0 Å². The zero-order chi connectivity index (χ0) is 15.5. The molecule has 112 valence electrons. The molecule has 1 fully saturated rings. The zero-order valence-electron chi connectivity index (χ0n) is 11.8. The van der Waals surface area contributed by atoms with E-state index in [0.29, 0.717) is 18.4 Å². The van der Waals surface area contributed by atoms with Crippen LogP contribution in [0.5, 0.6) is 0 Å². The molecule has 2 amide bonds. The summed E-state index contributed by atoms with van der Waals surface area (Å²) in [6.45, 7) is -0.0308. The maximum atomic E-state index is 12.1. The molecule has 0 spiro atoms. The number of aliphatic carboxylic acids is 1. The molecule has 1 unspecified atom stereocenters. The molecular formula is C15H18N2O4. The number of carbonyl (C=O) groups excluding carboxylic acids is 2. The number of carboxylic acid groups (broad SMARTS) is 1. The molecule has 0 bridgehead atoms. The minimum atomic E-state index is -1.01. The Hall–Kier alpha value is -2.37. The van der Waals surface area contributed by atoms with Crippen molar-refractivity contribution >= 4 is 17.8 Å². The summed E-state index contributed by atoms with van der Waals surface area (Å²) in [6.07, 6.45) is 1.00. The van der Waals surface area contributed by atoms with Crippen molar-refractivity contribution in [2.75, 3.05) is 13.6 Å². The first kappa shape index (κ1) is 15.0. The molecule has 1 aromatic rings. The second-order valence-electron chi connectivity index (χ2n) is 5.17. The van der Waals surface area contributed by atoms with Crippen molar-refractivity contribution in [2.45, 2.75) is 18.8 Å². The van der Waals surface area contributed by atoms with Crippen LogP contribution < -0.4 is 10.6 Å². The summed E-state index contributed by atoms with van der Waals surface area (Å²) in [4.78, 5) is 35.2. The molecule has 0 radical (unpaired) electrons. The Labute approximate surface area is 122 Å². The van der Waals surface area contributed by atoms with Crippen molar-refractivity contribution in [1.82, 2.24) is 10.6 Å². The number of amides is 2. The van der Waals surface area contributed by atoms with Crippen LogP contribution in [-0.2, 0) is 14.4 Å². The van der Waals surface area contributed by atoms with Gasteiger partial charge in [0.15, 0.2) is 0 Å². The van der Waals surface area contributed by atoms with Gasteiger partial charge in [-0.25, -0.2) is 0 Å². The molecule has 1 aliphatic carbocycles. The van der Waals surface area contributed by atoms with Gasteiger partial charge in [-0.05, 0) is 18.4 Å². The monoisotopic (exact) mass is 290 g/mol. The molecular weight excluding hydrogens is 272 g/mol. The van der Waals surface area contributed by atoms with E-state index in [0.717, 1.165) is 0 Å². The van der Waals surface area contributed by atoms with Crippen molar-refractivity contribution in [1.29, 1.82) is 0 Å². The molecule has 6 heteroatoms. The zero-order valence-corrected chi connectivity index (χ0v) is 11.8. The van der Waals surface area contributed by atoms with Crippen LogP contribution in [-0.4, -0.2) is 36.5 Å². The first-order valence-electron chi connectivity index (χ1n) is 6.79. The maximum absolute atomic E-state index is 12.1.